The first-order valence-electron chi connectivity index (χ1n) is 17.5. The van der Waals surface area contributed by atoms with Crippen LogP contribution in [0.15, 0.2) is 30.3 Å². The highest BCUT2D eigenvalue weighted by molar-refractivity contribution is 6.01. The second-order valence-electron chi connectivity index (χ2n) is 14.8. The van der Waals surface area contributed by atoms with Gasteiger partial charge in [0.1, 0.15) is 11.6 Å². The summed E-state index contributed by atoms with van der Waals surface area (Å²) in [6, 6.07) is 11.4. The van der Waals surface area contributed by atoms with E-state index in [0.717, 1.165) is 56.1 Å². The van der Waals surface area contributed by atoms with E-state index in [1.54, 1.807) is 0 Å². The fourth-order valence-electron chi connectivity index (χ4n) is 7.11. The Kier molecular flexibility index (Phi) is 14.7. The summed E-state index contributed by atoms with van der Waals surface area (Å²) in [4.78, 5) is 38.5. The van der Waals surface area contributed by atoms with Gasteiger partial charge in [-0.25, -0.2) is 0 Å². The van der Waals surface area contributed by atoms with Crippen molar-refractivity contribution in [2.24, 2.45) is 17.8 Å². The molecule has 244 valence electrons. The molecule has 2 aromatic carbocycles. The number of benzene rings is 2. The summed E-state index contributed by atoms with van der Waals surface area (Å²) in [5, 5.41) is 0. The van der Waals surface area contributed by atoms with Crippen LogP contribution < -0.4 is 0 Å². The van der Waals surface area contributed by atoms with Crippen LogP contribution in [-0.2, 0) is 34.3 Å². The van der Waals surface area contributed by atoms with Crippen molar-refractivity contribution in [3.8, 4) is 0 Å². The minimum atomic E-state index is -0.0958. The molecule has 0 N–H and O–H groups in total. The number of hydrogen-bond acceptors (Lipinski definition) is 3. The summed E-state index contributed by atoms with van der Waals surface area (Å²) in [6.45, 7) is 23.3. The molecule has 0 heterocycles. The first-order chi connectivity index (χ1) is 20.7. The van der Waals surface area contributed by atoms with E-state index in [1.165, 1.54) is 41.2 Å². The zero-order valence-corrected chi connectivity index (χ0v) is 30.0. The van der Waals surface area contributed by atoms with E-state index in [-0.39, 0.29) is 46.9 Å². The first kappa shape index (κ1) is 37.6. The minimum Gasteiger partial charge on any atom is -0.300 e. The van der Waals surface area contributed by atoms with Gasteiger partial charge in [-0.3, -0.25) is 14.4 Å². The predicted octanol–water partition coefficient (Wildman–Crippen LogP) is 10.7. The average molecular weight is 603 g/mol. The van der Waals surface area contributed by atoms with Crippen LogP contribution in [0.2, 0.25) is 0 Å². The molecule has 0 amide bonds. The molecule has 3 atom stereocenters. The smallest absolute Gasteiger partial charge is 0.163 e. The third kappa shape index (κ3) is 10.2. The normalized spacial score (nSPS) is 16.2. The Hall–Kier alpha value is -2.55. The molecule has 3 unspecified atom stereocenters. The molecule has 0 radical (unpaired) electrons. The van der Waals surface area contributed by atoms with Gasteiger partial charge in [-0.2, -0.15) is 0 Å². The number of carbonyl (C=O) groups is 3. The summed E-state index contributed by atoms with van der Waals surface area (Å²) < 4.78 is 0. The van der Waals surface area contributed by atoms with Crippen molar-refractivity contribution in [1.29, 1.82) is 0 Å². The van der Waals surface area contributed by atoms with Crippen LogP contribution in [0.1, 0.15) is 164 Å². The van der Waals surface area contributed by atoms with Gasteiger partial charge in [-0.05, 0) is 103 Å². The summed E-state index contributed by atoms with van der Waals surface area (Å²) in [5.74, 6) is 1.01. The Labute approximate surface area is 270 Å². The van der Waals surface area contributed by atoms with Gasteiger partial charge in [0, 0.05) is 17.9 Å². The van der Waals surface area contributed by atoms with Gasteiger partial charge in [-0.1, -0.05) is 112 Å². The molecule has 0 saturated heterocycles. The van der Waals surface area contributed by atoms with E-state index in [4.69, 9.17) is 0 Å². The molecule has 3 heteroatoms. The maximum Gasteiger partial charge on any atom is 0.163 e. The molecule has 0 bridgehead atoms. The quantitative estimate of drug-likeness (QED) is 0.214. The molecule has 44 heavy (non-hydrogen) atoms. The van der Waals surface area contributed by atoms with E-state index in [9.17, 15) is 14.4 Å². The predicted molar refractivity (Wildman–Crippen MR) is 187 cm³/mol. The third-order valence-corrected chi connectivity index (χ3v) is 9.35. The van der Waals surface area contributed by atoms with Crippen LogP contribution in [0.4, 0.5) is 0 Å². The van der Waals surface area contributed by atoms with Crippen LogP contribution in [0, 0.1) is 24.7 Å². The fourth-order valence-corrected chi connectivity index (χ4v) is 7.11. The monoisotopic (exact) mass is 602 g/mol. The zero-order valence-electron chi connectivity index (χ0n) is 30.0. The van der Waals surface area contributed by atoms with Crippen LogP contribution >= 0.6 is 0 Å². The number of rotatable bonds is 13. The van der Waals surface area contributed by atoms with Gasteiger partial charge in [0.05, 0.1) is 6.42 Å². The molecule has 0 aromatic heterocycles. The standard InChI is InChI=1S/C38H54O3.C3H8/c1-10-12-30(32(11-2)35(40)19-25(5)39)20-28-21-34-33(24(3)4)23-29(26(6)37(34)36(41)22-28)16-13-27-14-17-31(18-15-27)38(7,8)9;1-3-2/h14-15,17-18,23-24,28,30,32H,10-13,16,19-22H2,1-9H3;3H2,1-2H3. The summed E-state index contributed by atoms with van der Waals surface area (Å²) in [7, 11) is 0. The average Bonchev–Trinajstić information content (AvgIpc) is 2.92. The zero-order chi connectivity index (χ0) is 33.2. The maximum atomic E-state index is 13.8. The van der Waals surface area contributed by atoms with E-state index in [0.29, 0.717) is 12.3 Å². The lowest BCUT2D eigenvalue weighted by Crippen LogP contribution is -2.30. The SMILES string of the molecule is CCC.CCCC(CC1CC(=O)c2c(C)c(CCc3ccc(C(C)(C)C)cc3)cc(C(C)C)c2C1)C(CC)C(=O)CC(C)=O. The van der Waals surface area contributed by atoms with Crippen molar-refractivity contribution in [2.45, 2.75) is 152 Å². The molecule has 1 aliphatic carbocycles. The Morgan fingerprint density at radius 1 is 0.955 bits per heavy atom. The number of Topliss-reactive ketones (excluding diaryl/α,β-unsaturated/α-hetero) is 3. The van der Waals surface area contributed by atoms with Crippen LogP contribution in [0.5, 0.6) is 0 Å². The highest BCUT2D eigenvalue weighted by Crippen LogP contribution is 2.40. The van der Waals surface area contributed by atoms with Crippen molar-refractivity contribution in [1.82, 2.24) is 0 Å². The molecule has 3 rings (SSSR count). The largest absolute Gasteiger partial charge is 0.300 e. The number of carbonyl (C=O) groups excluding carboxylic acids is 3. The molecule has 3 nitrogen and oxygen atoms in total. The lowest BCUT2D eigenvalue weighted by atomic mass is 9.70. The summed E-state index contributed by atoms with van der Waals surface area (Å²) in [6.07, 6.45) is 8.24. The fraction of sp³-hybridized carbons (Fsp3) is 0.634. The molecule has 0 aliphatic heterocycles. The molecule has 1 aliphatic rings. The van der Waals surface area contributed by atoms with Crippen molar-refractivity contribution < 1.29 is 14.4 Å². The number of aryl methyl sites for hydroxylation is 2. The Bertz CT molecular complexity index is 1240. The van der Waals surface area contributed by atoms with Gasteiger partial charge in [-0.15, -0.1) is 0 Å². The van der Waals surface area contributed by atoms with Crippen LogP contribution in [0.25, 0.3) is 0 Å². The van der Waals surface area contributed by atoms with Gasteiger partial charge in [0.25, 0.3) is 0 Å². The van der Waals surface area contributed by atoms with Crippen molar-refractivity contribution in [3.05, 3.63) is 69.3 Å². The highest BCUT2D eigenvalue weighted by atomic mass is 16.1. The van der Waals surface area contributed by atoms with Gasteiger partial charge >= 0.3 is 0 Å². The third-order valence-electron chi connectivity index (χ3n) is 9.35. The molecule has 2 aromatic rings. The highest BCUT2D eigenvalue weighted by Gasteiger charge is 2.34. The lowest BCUT2D eigenvalue weighted by Gasteiger charge is -2.33. The van der Waals surface area contributed by atoms with Gasteiger partial charge in [0.15, 0.2) is 5.78 Å². The number of hydrogen-bond donors (Lipinski definition) is 0. The molecular weight excluding hydrogens is 540 g/mol. The molecule has 0 fully saturated rings. The van der Waals surface area contributed by atoms with Crippen LogP contribution in [-0.4, -0.2) is 17.3 Å². The summed E-state index contributed by atoms with van der Waals surface area (Å²) >= 11 is 0. The Balaban J connectivity index is 0.00000216. The molecule has 0 spiro atoms. The van der Waals surface area contributed by atoms with E-state index >= 15 is 0 Å². The van der Waals surface area contributed by atoms with Gasteiger partial charge < -0.3 is 0 Å². The second-order valence-corrected chi connectivity index (χ2v) is 14.8. The second kappa shape index (κ2) is 17.2. The Morgan fingerprint density at radius 2 is 1.57 bits per heavy atom. The topological polar surface area (TPSA) is 51.2 Å². The Morgan fingerprint density at radius 3 is 2.07 bits per heavy atom. The molecular formula is C41H62O3. The van der Waals surface area contributed by atoms with Crippen LogP contribution in [0.3, 0.4) is 0 Å². The van der Waals surface area contributed by atoms with E-state index in [2.05, 4.69) is 99.6 Å². The number of ketones is 3. The first-order valence-corrected chi connectivity index (χ1v) is 17.5. The molecule has 0 saturated carbocycles. The van der Waals surface area contributed by atoms with Gasteiger partial charge in [0.2, 0.25) is 0 Å². The number of fused-ring (bicyclic) bond motifs is 1. The van der Waals surface area contributed by atoms with Crippen molar-refractivity contribution in [3.63, 3.8) is 0 Å². The lowest BCUT2D eigenvalue weighted by molar-refractivity contribution is -0.129. The summed E-state index contributed by atoms with van der Waals surface area (Å²) in [5.41, 5.74) is 8.82. The maximum absolute atomic E-state index is 13.8. The van der Waals surface area contributed by atoms with E-state index in [1.807, 2.05) is 0 Å². The van der Waals surface area contributed by atoms with Crippen molar-refractivity contribution in [2.75, 3.05) is 0 Å². The van der Waals surface area contributed by atoms with E-state index < -0.39 is 0 Å². The minimum absolute atomic E-state index is 0.0331. The van der Waals surface area contributed by atoms with Crippen molar-refractivity contribution >= 4 is 17.3 Å².